The molecule has 2 nitrogen and oxygen atoms in total. The SMILES string of the molecule is CN=C(Cl)C(F)=CN. The van der Waals surface area contributed by atoms with Crippen molar-refractivity contribution < 1.29 is 4.39 Å². The van der Waals surface area contributed by atoms with E-state index in [-0.39, 0.29) is 5.17 Å². The van der Waals surface area contributed by atoms with Crippen LogP contribution in [0.1, 0.15) is 0 Å². The zero-order valence-corrected chi connectivity index (χ0v) is 5.11. The van der Waals surface area contributed by atoms with Crippen LogP contribution >= 0.6 is 11.6 Å². The summed E-state index contributed by atoms with van der Waals surface area (Å²) in [6, 6.07) is 0. The van der Waals surface area contributed by atoms with Crippen LogP contribution in [-0.2, 0) is 0 Å². The van der Waals surface area contributed by atoms with Crippen LogP contribution in [0.25, 0.3) is 0 Å². The monoisotopic (exact) mass is 136 g/mol. The molecule has 0 aliphatic rings. The van der Waals surface area contributed by atoms with E-state index in [9.17, 15) is 4.39 Å². The number of hydrogen-bond donors (Lipinski definition) is 1. The van der Waals surface area contributed by atoms with E-state index in [1.807, 2.05) is 0 Å². The number of aliphatic imine (C=N–C) groups is 1. The van der Waals surface area contributed by atoms with Crippen molar-refractivity contribution in [3.8, 4) is 0 Å². The lowest BCUT2D eigenvalue weighted by atomic mass is 10.6. The van der Waals surface area contributed by atoms with Gasteiger partial charge in [0.05, 0.1) is 0 Å². The molecule has 0 bridgehead atoms. The van der Waals surface area contributed by atoms with Crippen LogP contribution in [0.15, 0.2) is 17.0 Å². The summed E-state index contributed by atoms with van der Waals surface area (Å²) < 4.78 is 12.0. The second-order valence-corrected chi connectivity index (χ2v) is 1.39. The van der Waals surface area contributed by atoms with Crippen molar-refractivity contribution in [2.45, 2.75) is 0 Å². The minimum Gasteiger partial charge on any atom is -0.402 e. The lowest BCUT2D eigenvalue weighted by molar-refractivity contribution is 0.681. The Kier molecular flexibility index (Phi) is 3.19. The molecule has 0 saturated heterocycles. The summed E-state index contributed by atoms with van der Waals surface area (Å²) >= 11 is 5.14. The van der Waals surface area contributed by atoms with Gasteiger partial charge in [0.25, 0.3) is 0 Å². The van der Waals surface area contributed by atoms with Gasteiger partial charge in [-0.05, 0) is 0 Å². The van der Waals surface area contributed by atoms with Crippen LogP contribution in [0.4, 0.5) is 4.39 Å². The third kappa shape index (κ3) is 1.93. The summed E-state index contributed by atoms with van der Waals surface area (Å²) in [5.74, 6) is -0.700. The largest absolute Gasteiger partial charge is 0.402 e. The van der Waals surface area contributed by atoms with Crippen LogP contribution in [0.5, 0.6) is 0 Å². The predicted molar refractivity (Wildman–Crippen MR) is 32.6 cm³/mol. The fourth-order valence-electron chi connectivity index (χ4n) is 0.176. The van der Waals surface area contributed by atoms with E-state index in [2.05, 4.69) is 4.99 Å². The first kappa shape index (κ1) is 7.43. The number of allylic oxidation sites excluding steroid dienone is 1. The van der Waals surface area contributed by atoms with Gasteiger partial charge in [-0.3, -0.25) is 4.99 Å². The Morgan fingerprint density at radius 3 is 2.50 bits per heavy atom. The van der Waals surface area contributed by atoms with Gasteiger partial charge in [-0.15, -0.1) is 0 Å². The molecule has 0 heterocycles. The van der Waals surface area contributed by atoms with Crippen molar-refractivity contribution in [3.63, 3.8) is 0 Å². The van der Waals surface area contributed by atoms with Crippen LogP contribution in [-0.4, -0.2) is 12.2 Å². The fraction of sp³-hybridized carbons (Fsp3) is 0.250. The molecule has 2 N–H and O–H groups in total. The summed E-state index contributed by atoms with van der Waals surface area (Å²) in [5.41, 5.74) is 4.75. The average Bonchev–Trinajstić information content (AvgIpc) is 1.84. The number of nitrogens with zero attached hydrogens (tertiary/aromatic N) is 1. The van der Waals surface area contributed by atoms with Gasteiger partial charge in [0.15, 0.2) is 11.0 Å². The average molecular weight is 137 g/mol. The van der Waals surface area contributed by atoms with Crippen LogP contribution in [0.2, 0.25) is 0 Å². The van der Waals surface area contributed by atoms with Crippen LogP contribution in [0.3, 0.4) is 0 Å². The highest BCUT2D eigenvalue weighted by Gasteiger charge is 1.96. The van der Waals surface area contributed by atoms with Gasteiger partial charge in [0.2, 0.25) is 0 Å². The molecule has 0 aliphatic heterocycles. The first-order valence-corrected chi connectivity index (χ1v) is 2.30. The number of halogens is 2. The molecular weight excluding hydrogens is 131 g/mol. The van der Waals surface area contributed by atoms with Crippen molar-refractivity contribution in [3.05, 3.63) is 12.0 Å². The zero-order valence-electron chi connectivity index (χ0n) is 4.36. The van der Waals surface area contributed by atoms with E-state index < -0.39 is 5.83 Å². The van der Waals surface area contributed by atoms with E-state index in [1.165, 1.54) is 7.05 Å². The predicted octanol–water partition coefficient (Wildman–Crippen LogP) is 1.02. The van der Waals surface area contributed by atoms with Gasteiger partial charge in [-0.1, -0.05) is 11.6 Å². The molecule has 0 unspecified atom stereocenters. The third-order valence-electron chi connectivity index (χ3n) is 0.540. The molecular formula is C4H6ClFN2. The molecule has 0 aromatic carbocycles. The number of rotatable bonds is 1. The topological polar surface area (TPSA) is 38.4 Å². The molecule has 0 aliphatic carbocycles. The molecule has 8 heavy (non-hydrogen) atoms. The molecule has 0 rings (SSSR count). The van der Waals surface area contributed by atoms with Crippen LogP contribution < -0.4 is 5.73 Å². The van der Waals surface area contributed by atoms with E-state index in [0.29, 0.717) is 0 Å². The lowest BCUT2D eigenvalue weighted by Gasteiger charge is -1.86. The van der Waals surface area contributed by atoms with Gasteiger partial charge >= 0.3 is 0 Å². The maximum absolute atomic E-state index is 12.0. The molecule has 0 amide bonds. The molecule has 46 valence electrons. The van der Waals surface area contributed by atoms with Gasteiger partial charge in [-0.25, -0.2) is 4.39 Å². The molecule has 0 spiro atoms. The van der Waals surface area contributed by atoms with Crippen molar-refractivity contribution in [1.29, 1.82) is 0 Å². The molecule has 0 saturated carbocycles. The van der Waals surface area contributed by atoms with E-state index in [0.717, 1.165) is 6.20 Å². The van der Waals surface area contributed by atoms with Gasteiger partial charge in [-0.2, -0.15) is 0 Å². The molecule has 0 fully saturated rings. The Morgan fingerprint density at radius 2 is 2.38 bits per heavy atom. The minimum absolute atomic E-state index is 0.201. The maximum atomic E-state index is 12.0. The summed E-state index contributed by atoms with van der Waals surface area (Å²) in [7, 11) is 1.38. The van der Waals surface area contributed by atoms with Crippen LogP contribution in [0, 0.1) is 0 Å². The summed E-state index contributed by atoms with van der Waals surface area (Å²) in [5, 5.41) is -0.201. The Balaban J connectivity index is 4.04. The molecule has 0 aromatic rings. The summed E-state index contributed by atoms with van der Waals surface area (Å²) in [4.78, 5) is 3.32. The smallest absolute Gasteiger partial charge is 0.175 e. The number of hydrogen-bond acceptors (Lipinski definition) is 2. The zero-order chi connectivity index (χ0) is 6.57. The highest BCUT2D eigenvalue weighted by atomic mass is 35.5. The second-order valence-electron chi connectivity index (χ2n) is 1.03. The highest BCUT2D eigenvalue weighted by Crippen LogP contribution is 2.00. The van der Waals surface area contributed by atoms with E-state index in [4.69, 9.17) is 17.3 Å². The Bertz CT molecular complexity index is 114. The van der Waals surface area contributed by atoms with E-state index >= 15 is 0 Å². The van der Waals surface area contributed by atoms with E-state index in [1.54, 1.807) is 0 Å². The lowest BCUT2D eigenvalue weighted by Crippen LogP contribution is -1.91. The highest BCUT2D eigenvalue weighted by molar-refractivity contribution is 6.69. The Labute approximate surface area is 51.8 Å². The minimum atomic E-state index is -0.700. The summed E-state index contributed by atoms with van der Waals surface area (Å²) in [6.07, 6.45) is 0.759. The standard InChI is InChI=1S/C4H6ClFN2/c1-8-4(5)3(6)2-7/h2H,7H2,1H3. The molecule has 0 atom stereocenters. The third-order valence-corrected chi connectivity index (χ3v) is 0.889. The molecule has 0 radical (unpaired) electrons. The first-order chi connectivity index (χ1) is 3.72. The van der Waals surface area contributed by atoms with Crippen molar-refractivity contribution >= 4 is 16.8 Å². The Morgan fingerprint density at radius 1 is 1.88 bits per heavy atom. The van der Waals surface area contributed by atoms with Gasteiger partial charge in [0, 0.05) is 13.2 Å². The van der Waals surface area contributed by atoms with Crippen molar-refractivity contribution in [1.82, 2.24) is 0 Å². The Hall–Kier alpha value is -0.570. The van der Waals surface area contributed by atoms with Gasteiger partial charge in [0.1, 0.15) is 0 Å². The normalized spacial score (nSPS) is 14.4. The molecule has 0 aromatic heterocycles. The number of nitrogens with two attached hydrogens (primary N) is 1. The molecule has 4 heteroatoms. The quantitative estimate of drug-likeness (QED) is 0.537. The van der Waals surface area contributed by atoms with Crippen molar-refractivity contribution in [2.24, 2.45) is 10.7 Å². The van der Waals surface area contributed by atoms with Gasteiger partial charge < -0.3 is 5.73 Å². The fourth-order valence-corrected chi connectivity index (χ4v) is 0.239. The second kappa shape index (κ2) is 3.43. The summed E-state index contributed by atoms with van der Waals surface area (Å²) in [6.45, 7) is 0. The maximum Gasteiger partial charge on any atom is 0.175 e. The first-order valence-electron chi connectivity index (χ1n) is 1.92. The van der Waals surface area contributed by atoms with Crippen molar-refractivity contribution in [2.75, 3.05) is 7.05 Å².